The number of benzene rings is 3. The van der Waals surface area contributed by atoms with E-state index < -0.39 is 11.9 Å². The van der Waals surface area contributed by atoms with Gasteiger partial charge in [0, 0.05) is 27.8 Å². The summed E-state index contributed by atoms with van der Waals surface area (Å²) >= 11 is 0. The molecule has 2 aliphatic heterocycles. The molecule has 6 nitrogen and oxygen atoms in total. The van der Waals surface area contributed by atoms with Gasteiger partial charge in [0.2, 0.25) is 0 Å². The summed E-state index contributed by atoms with van der Waals surface area (Å²) in [4.78, 5) is 42.7. The van der Waals surface area contributed by atoms with Crippen molar-refractivity contribution >= 4 is 24.7 Å². The van der Waals surface area contributed by atoms with Crippen molar-refractivity contribution < 1.29 is 28.7 Å². The van der Waals surface area contributed by atoms with E-state index in [1.165, 1.54) is 0 Å². The minimum atomic E-state index is -0.644. The second-order valence-electron chi connectivity index (χ2n) is 6.96. The van der Waals surface area contributed by atoms with Crippen molar-refractivity contribution in [2.75, 3.05) is 0 Å². The highest BCUT2D eigenvalue weighted by atomic mass is 16.6. The van der Waals surface area contributed by atoms with Crippen molar-refractivity contribution in [2.24, 2.45) is 0 Å². The molecule has 0 atom stereocenters. The average molecular weight is 434 g/mol. The summed E-state index contributed by atoms with van der Waals surface area (Å²) in [5, 5.41) is 0. The van der Waals surface area contributed by atoms with Crippen LogP contribution in [-0.2, 0) is 20.9 Å². The highest BCUT2D eigenvalue weighted by Crippen LogP contribution is 2.21. The van der Waals surface area contributed by atoms with Crippen molar-refractivity contribution in [3.8, 4) is 23.7 Å². The van der Waals surface area contributed by atoms with E-state index in [4.69, 9.17) is 9.53 Å². The Morgan fingerprint density at radius 2 is 1.06 bits per heavy atom. The van der Waals surface area contributed by atoms with E-state index in [0.29, 0.717) is 17.7 Å². The highest BCUT2D eigenvalue weighted by Gasteiger charge is 2.29. The van der Waals surface area contributed by atoms with Gasteiger partial charge in [-0.3, -0.25) is 0 Å². The van der Waals surface area contributed by atoms with Gasteiger partial charge >= 0.3 is 17.9 Å². The molecule has 2 aliphatic rings. The molecule has 0 saturated carbocycles. The van der Waals surface area contributed by atoms with Crippen LogP contribution in [0.4, 0.5) is 0 Å². The Labute approximate surface area is 189 Å². The fraction of sp³-hybridized carbons (Fsp3) is 0.0370. The molecule has 33 heavy (non-hydrogen) atoms. The van der Waals surface area contributed by atoms with Gasteiger partial charge in [0.05, 0.1) is 16.7 Å². The fourth-order valence-corrected chi connectivity index (χ4v) is 3.30. The fourth-order valence-electron chi connectivity index (χ4n) is 3.30. The van der Waals surface area contributed by atoms with Gasteiger partial charge in [-0.05, 0) is 60.7 Å². The Kier molecular flexibility index (Phi) is 5.84. The second kappa shape index (κ2) is 9.05. The summed E-state index contributed by atoms with van der Waals surface area (Å²) in [7, 11) is 0. The van der Waals surface area contributed by atoms with Crippen LogP contribution in [0.2, 0.25) is 0 Å². The van der Waals surface area contributed by atoms with Crippen LogP contribution in [0.5, 0.6) is 0 Å². The zero-order valence-corrected chi connectivity index (χ0v) is 17.1. The van der Waals surface area contributed by atoms with E-state index in [0.717, 1.165) is 22.3 Å². The maximum atomic E-state index is 11.6. The lowest BCUT2D eigenvalue weighted by atomic mass is 10.1. The van der Waals surface area contributed by atoms with E-state index in [-0.39, 0.29) is 17.1 Å². The Balaban J connectivity index is 0.00000126. The molecule has 0 amide bonds. The number of hydrogen-bond acceptors (Lipinski definition) is 6. The lowest BCUT2D eigenvalue weighted by molar-refractivity contribution is -0.0980. The second-order valence-corrected chi connectivity index (χ2v) is 6.96. The molecule has 0 unspecified atom stereocenters. The van der Waals surface area contributed by atoms with E-state index in [9.17, 15) is 14.4 Å². The van der Waals surface area contributed by atoms with Gasteiger partial charge in [-0.2, -0.15) is 0 Å². The largest absolute Gasteiger partial charge is 0.457 e. The molecule has 5 rings (SSSR count). The van der Waals surface area contributed by atoms with Gasteiger partial charge < -0.3 is 14.3 Å². The Morgan fingerprint density at radius 3 is 1.70 bits per heavy atom. The minimum absolute atomic E-state index is 0.241. The van der Waals surface area contributed by atoms with Crippen LogP contribution in [0.3, 0.4) is 0 Å². The molecule has 2 heterocycles. The number of carbonyl (C=O) groups excluding carboxylic acids is 4. The number of hydrogen-bond donors (Lipinski definition) is 0. The van der Waals surface area contributed by atoms with Crippen LogP contribution in [-0.4, -0.2) is 24.7 Å². The first-order chi connectivity index (χ1) is 16.1. The zero-order chi connectivity index (χ0) is 23.4. The third-order valence-corrected chi connectivity index (χ3v) is 4.92. The summed E-state index contributed by atoms with van der Waals surface area (Å²) in [6.07, 6.45) is 0. The molecular weight excluding hydrogens is 420 g/mol. The molecule has 0 fully saturated rings. The molecule has 158 valence electrons. The highest BCUT2D eigenvalue weighted by molar-refractivity contribution is 6.14. The third-order valence-electron chi connectivity index (χ3n) is 4.92. The molecule has 0 saturated heterocycles. The quantitative estimate of drug-likeness (QED) is 0.307. The van der Waals surface area contributed by atoms with Crippen LogP contribution < -0.4 is 0 Å². The molecule has 3 aromatic carbocycles. The Hall–Kier alpha value is -4.94. The minimum Gasteiger partial charge on any atom is -0.457 e. The van der Waals surface area contributed by atoms with Crippen LogP contribution in [0.25, 0.3) is 0 Å². The van der Waals surface area contributed by atoms with E-state index in [1.807, 2.05) is 37.1 Å². The lowest BCUT2D eigenvalue weighted by Crippen LogP contribution is -1.96. The van der Waals surface area contributed by atoms with Gasteiger partial charge in [-0.15, -0.1) is 0 Å². The number of carbonyl (C=O) groups is 4. The smallest absolute Gasteiger partial charge is 0.346 e. The molecule has 3 aromatic rings. The van der Waals surface area contributed by atoms with Crippen molar-refractivity contribution in [2.45, 2.75) is 6.61 Å². The van der Waals surface area contributed by atoms with E-state index in [2.05, 4.69) is 28.4 Å². The molecule has 0 bridgehead atoms. The average Bonchev–Trinajstić information content (AvgIpc) is 3.36. The topological polar surface area (TPSA) is 86.7 Å². The monoisotopic (exact) mass is 434 g/mol. The standard InChI is InChI=1S/C26H12O5.CH2O/c27-24-21-11-9-18(13-20(21)15-30-24)7-5-16-1-3-17(4-2-16)6-8-19-10-12-22-23(14-19)26(29)31-25(22)28;1-2/h1-4,9-14H,15H2;1H2. The summed E-state index contributed by atoms with van der Waals surface area (Å²) in [6.45, 7) is 2.29. The maximum absolute atomic E-state index is 11.6. The van der Waals surface area contributed by atoms with Gasteiger partial charge in [-0.25, -0.2) is 14.4 Å². The first-order valence-electron chi connectivity index (χ1n) is 9.70. The maximum Gasteiger partial charge on any atom is 0.346 e. The lowest BCUT2D eigenvalue weighted by Gasteiger charge is -1.96. The molecule has 0 aromatic heterocycles. The predicted molar refractivity (Wildman–Crippen MR) is 117 cm³/mol. The zero-order valence-electron chi connectivity index (χ0n) is 17.1. The molecule has 0 spiro atoms. The number of cyclic esters (lactones) is 3. The van der Waals surface area contributed by atoms with Gasteiger partial charge in [0.15, 0.2) is 0 Å². The van der Waals surface area contributed by atoms with Gasteiger partial charge in [0.1, 0.15) is 13.4 Å². The number of ether oxygens (including phenoxy) is 2. The van der Waals surface area contributed by atoms with Crippen LogP contribution >= 0.6 is 0 Å². The van der Waals surface area contributed by atoms with E-state index in [1.54, 1.807) is 30.3 Å². The molecule has 0 aliphatic carbocycles. The molecule has 6 heteroatoms. The summed E-state index contributed by atoms with van der Waals surface area (Å²) in [6, 6.07) is 17.7. The molecule has 0 N–H and O–H groups in total. The number of fused-ring (bicyclic) bond motifs is 2. The number of rotatable bonds is 0. The SMILES string of the molecule is C=O.O=C1OCc2cc(C#Cc3ccc(C#Cc4ccc5c(c4)C(=O)OC5=O)cc3)ccc21. The van der Waals surface area contributed by atoms with Crippen LogP contribution in [0.1, 0.15) is 58.9 Å². The summed E-state index contributed by atoms with van der Waals surface area (Å²) in [5.41, 5.74) is 5.01. The predicted octanol–water partition coefficient (Wildman–Crippen LogP) is 3.28. The third kappa shape index (κ3) is 4.41. The summed E-state index contributed by atoms with van der Waals surface area (Å²) < 4.78 is 9.59. The number of esters is 3. The molecule has 0 radical (unpaired) electrons. The van der Waals surface area contributed by atoms with Crippen molar-refractivity contribution in [3.63, 3.8) is 0 Å². The van der Waals surface area contributed by atoms with Crippen molar-refractivity contribution in [3.05, 3.63) is 105 Å². The first-order valence-corrected chi connectivity index (χ1v) is 9.70. The van der Waals surface area contributed by atoms with Crippen molar-refractivity contribution in [1.29, 1.82) is 0 Å². The Bertz CT molecular complexity index is 1430. The first kappa shape index (κ1) is 21.3. The van der Waals surface area contributed by atoms with Crippen molar-refractivity contribution in [1.82, 2.24) is 0 Å². The van der Waals surface area contributed by atoms with Crippen LogP contribution in [0, 0.1) is 23.7 Å². The van der Waals surface area contributed by atoms with Gasteiger partial charge in [0.25, 0.3) is 0 Å². The van der Waals surface area contributed by atoms with E-state index >= 15 is 0 Å². The molecular formula is C27H14O6. The van der Waals surface area contributed by atoms with Crippen LogP contribution in [0.15, 0.2) is 60.7 Å². The van der Waals surface area contributed by atoms with Gasteiger partial charge in [-0.1, -0.05) is 23.7 Å². The normalized spacial score (nSPS) is 12.5. The Morgan fingerprint density at radius 1 is 0.576 bits per heavy atom. The summed E-state index contributed by atoms with van der Waals surface area (Å²) in [5.74, 6) is 10.6.